The van der Waals surface area contributed by atoms with E-state index in [1.807, 2.05) is 0 Å². The molecule has 1 aliphatic heterocycles. The van der Waals surface area contributed by atoms with Crippen molar-refractivity contribution in [2.24, 2.45) is 5.16 Å². The van der Waals surface area contributed by atoms with E-state index < -0.39 is 4.92 Å². The maximum absolute atomic E-state index is 10.7. The van der Waals surface area contributed by atoms with Gasteiger partial charge in [0.15, 0.2) is 11.5 Å². The number of oxime groups is 1. The maximum atomic E-state index is 10.7. The highest BCUT2D eigenvalue weighted by Gasteiger charge is 2.17. The van der Waals surface area contributed by atoms with Gasteiger partial charge in [-0.3, -0.25) is 10.1 Å². The molecule has 0 aromatic heterocycles. The van der Waals surface area contributed by atoms with Crippen LogP contribution in [0.5, 0.6) is 17.2 Å². The molecule has 0 unspecified atom stereocenters. The smallest absolute Gasteiger partial charge is 0.269 e. The molecule has 0 spiro atoms. The van der Waals surface area contributed by atoms with Crippen LogP contribution in [0.4, 0.5) is 5.69 Å². The van der Waals surface area contributed by atoms with Crippen LogP contribution < -0.4 is 14.2 Å². The first-order valence-corrected chi connectivity index (χ1v) is 7.03. The highest BCUT2D eigenvalue weighted by molar-refractivity contribution is 5.84. The SMILES string of the molecule is COc1cc2c(cc1/C=N\OCc1cccc([N+](=O)[O-])c1)OCO2. The van der Waals surface area contributed by atoms with Gasteiger partial charge >= 0.3 is 0 Å². The second kappa shape index (κ2) is 6.86. The van der Waals surface area contributed by atoms with Crippen molar-refractivity contribution in [3.05, 3.63) is 57.6 Å². The van der Waals surface area contributed by atoms with Gasteiger partial charge in [-0.1, -0.05) is 17.3 Å². The number of ether oxygens (including phenoxy) is 3. The molecular formula is C16H14N2O6. The number of methoxy groups -OCH3 is 1. The zero-order valence-corrected chi connectivity index (χ0v) is 12.8. The minimum absolute atomic E-state index is 0.0116. The number of nitrogens with zero attached hydrogens (tertiary/aromatic N) is 2. The Morgan fingerprint density at radius 2 is 2.08 bits per heavy atom. The fourth-order valence-electron chi connectivity index (χ4n) is 2.18. The van der Waals surface area contributed by atoms with Crippen molar-refractivity contribution in [1.82, 2.24) is 0 Å². The Morgan fingerprint density at radius 1 is 1.29 bits per heavy atom. The number of fused-ring (bicyclic) bond motifs is 1. The van der Waals surface area contributed by atoms with Crippen molar-refractivity contribution in [2.75, 3.05) is 13.9 Å². The summed E-state index contributed by atoms with van der Waals surface area (Å²) in [5.41, 5.74) is 1.33. The Hall–Kier alpha value is -3.29. The fraction of sp³-hybridized carbons (Fsp3) is 0.188. The summed E-state index contributed by atoms with van der Waals surface area (Å²) in [4.78, 5) is 15.5. The lowest BCUT2D eigenvalue weighted by Crippen LogP contribution is -1.94. The number of non-ortho nitro benzene ring substituents is 1. The molecule has 0 saturated heterocycles. The number of rotatable bonds is 6. The summed E-state index contributed by atoms with van der Waals surface area (Å²) in [6, 6.07) is 9.64. The van der Waals surface area contributed by atoms with E-state index in [-0.39, 0.29) is 19.1 Å². The summed E-state index contributed by atoms with van der Waals surface area (Å²) in [7, 11) is 1.54. The predicted molar refractivity (Wildman–Crippen MR) is 84.6 cm³/mol. The third kappa shape index (κ3) is 3.37. The van der Waals surface area contributed by atoms with E-state index in [0.29, 0.717) is 28.4 Å². The van der Waals surface area contributed by atoms with Gasteiger partial charge in [0.2, 0.25) is 6.79 Å². The van der Waals surface area contributed by atoms with Crippen molar-refractivity contribution < 1.29 is 24.0 Å². The molecule has 0 aliphatic carbocycles. The van der Waals surface area contributed by atoms with Gasteiger partial charge < -0.3 is 19.0 Å². The summed E-state index contributed by atoms with van der Waals surface area (Å²) in [6.45, 7) is 0.285. The molecule has 124 valence electrons. The Balaban J connectivity index is 1.66. The molecule has 3 rings (SSSR count). The van der Waals surface area contributed by atoms with E-state index >= 15 is 0 Å². The van der Waals surface area contributed by atoms with Gasteiger partial charge in [0, 0.05) is 23.8 Å². The molecule has 8 heteroatoms. The van der Waals surface area contributed by atoms with Gasteiger partial charge in [0.25, 0.3) is 5.69 Å². The third-order valence-corrected chi connectivity index (χ3v) is 3.34. The molecule has 8 nitrogen and oxygen atoms in total. The van der Waals surface area contributed by atoms with Crippen LogP contribution in [0, 0.1) is 10.1 Å². The molecule has 1 heterocycles. The summed E-state index contributed by atoms with van der Waals surface area (Å²) in [5, 5.41) is 14.6. The lowest BCUT2D eigenvalue weighted by atomic mass is 10.2. The third-order valence-electron chi connectivity index (χ3n) is 3.34. The molecule has 0 bridgehead atoms. The summed E-state index contributed by atoms with van der Waals surface area (Å²) in [5.74, 6) is 1.79. The van der Waals surface area contributed by atoms with Crippen molar-refractivity contribution in [3.8, 4) is 17.2 Å². The first-order valence-electron chi connectivity index (χ1n) is 7.03. The van der Waals surface area contributed by atoms with Crippen LogP contribution in [0.3, 0.4) is 0 Å². The van der Waals surface area contributed by atoms with E-state index in [1.165, 1.54) is 18.3 Å². The highest BCUT2D eigenvalue weighted by atomic mass is 16.7. The average molecular weight is 330 g/mol. The van der Waals surface area contributed by atoms with Gasteiger partial charge in [0.1, 0.15) is 12.4 Å². The molecule has 24 heavy (non-hydrogen) atoms. The topological polar surface area (TPSA) is 92.4 Å². The van der Waals surface area contributed by atoms with Gasteiger partial charge in [-0.15, -0.1) is 0 Å². The van der Waals surface area contributed by atoms with E-state index in [9.17, 15) is 10.1 Å². The van der Waals surface area contributed by atoms with E-state index in [1.54, 1.807) is 31.4 Å². The quantitative estimate of drug-likeness (QED) is 0.459. The largest absolute Gasteiger partial charge is 0.496 e. The highest BCUT2D eigenvalue weighted by Crippen LogP contribution is 2.37. The van der Waals surface area contributed by atoms with Crippen LogP contribution in [0.2, 0.25) is 0 Å². The Kier molecular flexibility index (Phi) is 4.46. The van der Waals surface area contributed by atoms with E-state index in [4.69, 9.17) is 19.0 Å². The lowest BCUT2D eigenvalue weighted by molar-refractivity contribution is -0.384. The van der Waals surface area contributed by atoms with Gasteiger partial charge in [-0.05, 0) is 11.6 Å². The molecule has 0 saturated carbocycles. The lowest BCUT2D eigenvalue weighted by Gasteiger charge is -2.06. The Labute approximate surface area is 137 Å². The molecule has 0 amide bonds. The first kappa shape index (κ1) is 15.6. The van der Waals surface area contributed by atoms with Crippen molar-refractivity contribution in [3.63, 3.8) is 0 Å². The van der Waals surface area contributed by atoms with E-state index in [0.717, 1.165) is 0 Å². The molecule has 0 atom stereocenters. The standard InChI is InChI=1S/C16H14N2O6/c1-21-14-7-16-15(22-10-23-16)6-12(14)8-17-24-9-11-3-2-4-13(5-11)18(19)20/h2-8H,9-10H2,1H3/b17-8-. The number of hydrogen-bond donors (Lipinski definition) is 0. The number of nitro benzene ring substituents is 1. The first-order chi connectivity index (χ1) is 11.7. The molecule has 0 N–H and O–H groups in total. The average Bonchev–Trinajstić information content (AvgIpc) is 3.05. The second-order valence-electron chi connectivity index (χ2n) is 4.88. The molecule has 2 aromatic carbocycles. The van der Waals surface area contributed by atoms with Gasteiger partial charge in [0.05, 0.1) is 18.2 Å². The predicted octanol–water partition coefficient (Wildman–Crippen LogP) is 2.88. The molecular weight excluding hydrogens is 316 g/mol. The van der Waals surface area contributed by atoms with Crippen LogP contribution in [-0.4, -0.2) is 25.0 Å². The van der Waals surface area contributed by atoms with Crippen LogP contribution in [0.1, 0.15) is 11.1 Å². The van der Waals surface area contributed by atoms with Crippen molar-refractivity contribution in [1.29, 1.82) is 0 Å². The number of hydrogen-bond acceptors (Lipinski definition) is 7. The molecule has 2 aromatic rings. The van der Waals surface area contributed by atoms with Crippen LogP contribution >= 0.6 is 0 Å². The Morgan fingerprint density at radius 3 is 2.83 bits per heavy atom. The normalized spacial score (nSPS) is 12.4. The fourth-order valence-corrected chi connectivity index (χ4v) is 2.18. The maximum Gasteiger partial charge on any atom is 0.269 e. The molecule has 0 radical (unpaired) electrons. The minimum Gasteiger partial charge on any atom is -0.496 e. The zero-order valence-electron chi connectivity index (χ0n) is 12.8. The Bertz CT molecular complexity index is 790. The zero-order chi connectivity index (χ0) is 16.9. The van der Waals surface area contributed by atoms with E-state index in [2.05, 4.69) is 5.16 Å². The monoisotopic (exact) mass is 330 g/mol. The second-order valence-corrected chi connectivity index (χ2v) is 4.88. The van der Waals surface area contributed by atoms with Crippen LogP contribution in [0.15, 0.2) is 41.6 Å². The van der Waals surface area contributed by atoms with Crippen LogP contribution in [0.25, 0.3) is 0 Å². The summed E-state index contributed by atoms with van der Waals surface area (Å²) in [6.07, 6.45) is 1.48. The van der Waals surface area contributed by atoms with Crippen molar-refractivity contribution in [2.45, 2.75) is 6.61 Å². The number of benzene rings is 2. The molecule has 1 aliphatic rings. The summed E-state index contributed by atoms with van der Waals surface area (Å²) >= 11 is 0. The summed E-state index contributed by atoms with van der Waals surface area (Å²) < 4.78 is 15.9. The van der Waals surface area contributed by atoms with Gasteiger partial charge in [-0.25, -0.2) is 0 Å². The van der Waals surface area contributed by atoms with Crippen LogP contribution in [-0.2, 0) is 11.4 Å². The van der Waals surface area contributed by atoms with Crippen molar-refractivity contribution >= 4 is 11.9 Å². The molecule has 0 fully saturated rings. The van der Waals surface area contributed by atoms with Gasteiger partial charge in [-0.2, -0.15) is 0 Å². The number of nitro groups is 1. The minimum atomic E-state index is -0.454.